The van der Waals surface area contributed by atoms with Crippen LogP contribution >= 0.6 is 0 Å². The number of carbonyl (C=O) groups excluding carboxylic acids is 2. The van der Waals surface area contributed by atoms with Gasteiger partial charge in [-0.3, -0.25) is 14.5 Å². The number of carbonyl (C=O) groups is 2. The summed E-state index contributed by atoms with van der Waals surface area (Å²) in [4.78, 5) is 36.0. The molecule has 0 spiro atoms. The summed E-state index contributed by atoms with van der Waals surface area (Å²) in [5.41, 5.74) is 5.53. The van der Waals surface area contributed by atoms with Crippen molar-refractivity contribution in [2.75, 3.05) is 39.2 Å². The van der Waals surface area contributed by atoms with Gasteiger partial charge in [-0.15, -0.1) is 0 Å². The van der Waals surface area contributed by atoms with Crippen LogP contribution in [0.1, 0.15) is 35.2 Å². The van der Waals surface area contributed by atoms with Crippen molar-refractivity contribution in [1.29, 1.82) is 0 Å². The molecule has 1 aliphatic heterocycles. The van der Waals surface area contributed by atoms with E-state index in [0.29, 0.717) is 50.5 Å². The molecule has 9 nitrogen and oxygen atoms in total. The van der Waals surface area contributed by atoms with Crippen LogP contribution in [0.15, 0.2) is 48.9 Å². The number of imidazole rings is 1. The lowest BCUT2D eigenvalue weighted by atomic mass is 9.87. The summed E-state index contributed by atoms with van der Waals surface area (Å²) in [7, 11) is 3.23. The first-order chi connectivity index (χ1) is 19.0. The molecular formula is C30H37N5O4. The molecule has 1 aromatic heterocycles. The first kappa shape index (κ1) is 26.7. The predicted molar refractivity (Wildman–Crippen MR) is 149 cm³/mol. The number of ether oxygens (including phenoxy) is 2. The maximum absolute atomic E-state index is 13.5. The first-order valence-electron chi connectivity index (χ1n) is 13.6. The Balaban J connectivity index is 1.28. The Morgan fingerprint density at radius 3 is 2.56 bits per heavy atom. The van der Waals surface area contributed by atoms with E-state index in [4.69, 9.17) is 9.47 Å². The largest absolute Gasteiger partial charge is 0.493 e. The zero-order valence-electron chi connectivity index (χ0n) is 22.7. The Morgan fingerprint density at radius 1 is 1.00 bits per heavy atom. The van der Waals surface area contributed by atoms with Crippen molar-refractivity contribution in [3.8, 4) is 11.5 Å². The smallest absolute Gasteiger partial charge is 0.228 e. The number of piperidine rings is 1. The van der Waals surface area contributed by atoms with E-state index in [1.165, 1.54) is 11.1 Å². The molecule has 2 atom stereocenters. The molecule has 9 heteroatoms. The fourth-order valence-electron chi connectivity index (χ4n) is 5.72. The summed E-state index contributed by atoms with van der Waals surface area (Å²) >= 11 is 0. The Bertz CT molecular complexity index is 1290. The molecule has 2 heterocycles. The molecule has 0 unspecified atom stereocenters. The number of benzene rings is 2. The van der Waals surface area contributed by atoms with Gasteiger partial charge in [-0.2, -0.15) is 0 Å². The van der Waals surface area contributed by atoms with Crippen LogP contribution in [0.25, 0.3) is 0 Å². The number of methoxy groups -OCH3 is 2. The number of nitrogens with one attached hydrogen (secondary N) is 3. The third kappa shape index (κ3) is 6.60. The molecule has 2 aliphatic rings. The number of aromatic nitrogens is 2. The molecule has 5 rings (SSSR count). The molecule has 2 amide bonds. The summed E-state index contributed by atoms with van der Waals surface area (Å²) in [5, 5.41) is 6.20. The molecule has 1 fully saturated rings. The highest BCUT2D eigenvalue weighted by Crippen LogP contribution is 2.31. The van der Waals surface area contributed by atoms with Crippen molar-refractivity contribution in [3.63, 3.8) is 0 Å². The van der Waals surface area contributed by atoms with Gasteiger partial charge in [0.1, 0.15) is 0 Å². The number of fused-ring (bicyclic) bond motifs is 1. The number of aromatic amines is 1. The highest BCUT2D eigenvalue weighted by atomic mass is 16.5. The average molecular weight is 532 g/mol. The van der Waals surface area contributed by atoms with Crippen LogP contribution in [0.2, 0.25) is 0 Å². The lowest BCUT2D eigenvalue weighted by Gasteiger charge is -2.36. The van der Waals surface area contributed by atoms with Crippen molar-refractivity contribution < 1.29 is 19.1 Å². The van der Waals surface area contributed by atoms with Crippen molar-refractivity contribution in [2.24, 2.45) is 11.8 Å². The Morgan fingerprint density at radius 2 is 1.79 bits per heavy atom. The fourth-order valence-corrected chi connectivity index (χ4v) is 5.72. The molecule has 0 radical (unpaired) electrons. The van der Waals surface area contributed by atoms with Gasteiger partial charge in [-0.25, -0.2) is 4.98 Å². The van der Waals surface area contributed by atoms with Gasteiger partial charge in [0.25, 0.3) is 0 Å². The van der Waals surface area contributed by atoms with Crippen LogP contribution in [0.3, 0.4) is 0 Å². The SMILES string of the molecule is COc1ccc(CN2C[C@@H](C(=O)NCCc3cnc[nH]3)C[C@@H](C(=O)Nc3ccc4c(c3)CCC4)C2)cc1OC. The third-order valence-corrected chi connectivity index (χ3v) is 7.74. The normalized spacial score (nSPS) is 18.8. The monoisotopic (exact) mass is 531 g/mol. The van der Waals surface area contributed by atoms with Crippen molar-refractivity contribution >= 4 is 17.5 Å². The average Bonchev–Trinajstić information content (AvgIpc) is 3.64. The summed E-state index contributed by atoms with van der Waals surface area (Å²) in [6.07, 6.45) is 7.91. The summed E-state index contributed by atoms with van der Waals surface area (Å²) in [5.74, 6) is 0.654. The summed E-state index contributed by atoms with van der Waals surface area (Å²) in [6, 6.07) is 12.0. The van der Waals surface area contributed by atoms with Gasteiger partial charge in [0, 0.05) is 50.2 Å². The van der Waals surface area contributed by atoms with Crippen LogP contribution in [0.4, 0.5) is 5.69 Å². The van der Waals surface area contributed by atoms with Gasteiger partial charge in [0.2, 0.25) is 11.8 Å². The molecule has 1 saturated heterocycles. The van der Waals surface area contributed by atoms with Gasteiger partial charge in [0.05, 0.1) is 32.4 Å². The predicted octanol–water partition coefficient (Wildman–Crippen LogP) is 3.35. The third-order valence-electron chi connectivity index (χ3n) is 7.74. The molecule has 206 valence electrons. The number of aryl methyl sites for hydroxylation is 2. The summed E-state index contributed by atoms with van der Waals surface area (Å²) < 4.78 is 10.9. The molecule has 0 bridgehead atoms. The number of rotatable bonds is 10. The van der Waals surface area contributed by atoms with E-state index in [1.54, 1.807) is 26.7 Å². The van der Waals surface area contributed by atoms with Crippen LogP contribution in [-0.4, -0.2) is 60.5 Å². The number of likely N-dealkylation sites (tertiary alicyclic amines) is 1. The minimum Gasteiger partial charge on any atom is -0.493 e. The zero-order chi connectivity index (χ0) is 27.2. The van der Waals surface area contributed by atoms with E-state index in [0.717, 1.165) is 36.2 Å². The first-order valence-corrected chi connectivity index (χ1v) is 13.6. The second-order valence-electron chi connectivity index (χ2n) is 10.5. The minimum atomic E-state index is -0.310. The maximum atomic E-state index is 13.5. The zero-order valence-corrected chi connectivity index (χ0v) is 22.7. The molecule has 39 heavy (non-hydrogen) atoms. The lowest BCUT2D eigenvalue weighted by molar-refractivity contribution is -0.130. The minimum absolute atomic E-state index is 0.0261. The fraction of sp³-hybridized carbons (Fsp3) is 0.433. The van der Waals surface area contributed by atoms with E-state index in [9.17, 15) is 9.59 Å². The van der Waals surface area contributed by atoms with Gasteiger partial charge in [-0.1, -0.05) is 12.1 Å². The lowest BCUT2D eigenvalue weighted by Crippen LogP contribution is -2.49. The second kappa shape index (κ2) is 12.3. The molecule has 1 aliphatic carbocycles. The van der Waals surface area contributed by atoms with Crippen LogP contribution < -0.4 is 20.1 Å². The molecule has 0 saturated carbocycles. The number of hydrogen-bond acceptors (Lipinski definition) is 6. The quantitative estimate of drug-likeness (QED) is 0.370. The van der Waals surface area contributed by atoms with E-state index >= 15 is 0 Å². The number of nitrogens with zero attached hydrogens (tertiary/aromatic N) is 2. The Hall–Kier alpha value is -3.85. The number of anilines is 1. The molecular weight excluding hydrogens is 494 g/mol. The topological polar surface area (TPSA) is 109 Å². The highest BCUT2D eigenvalue weighted by molar-refractivity contribution is 5.93. The van der Waals surface area contributed by atoms with Crippen LogP contribution in [0.5, 0.6) is 11.5 Å². The second-order valence-corrected chi connectivity index (χ2v) is 10.5. The van der Waals surface area contributed by atoms with Crippen molar-refractivity contribution in [1.82, 2.24) is 20.2 Å². The Kier molecular flexibility index (Phi) is 8.46. The van der Waals surface area contributed by atoms with Gasteiger partial charge < -0.3 is 25.1 Å². The van der Waals surface area contributed by atoms with Crippen molar-refractivity contribution in [3.05, 3.63) is 71.3 Å². The van der Waals surface area contributed by atoms with Gasteiger partial charge >= 0.3 is 0 Å². The highest BCUT2D eigenvalue weighted by Gasteiger charge is 2.35. The number of H-pyrrole nitrogens is 1. The maximum Gasteiger partial charge on any atom is 0.228 e. The van der Waals surface area contributed by atoms with E-state index in [1.807, 2.05) is 24.3 Å². The molecule has 3 aromatic rings. The van der Waals surface area contributed by atoms with Gasteiger partial charge in [-0.05, 0) is 66.6 Å². The van der Waals surface area contributed by atoms with E-state index in [2.05, 4.69) is 37.6 Å². The Labute approximate surface area is 229 Å². The standard InChI is InChI=1S/C30H37N5O4/c1-38-27-9-6-20(12-28(27)39-2)16-35-17-23(29(36)32-11-10-26-15-31-19-33-26)13-24(18-35)30(37)34-25-8-7-21-4-3-5-22(21)14-25/h6-9,12,14-15,19,23-24H,3-5,10-11,13,16-18H2,1-2H3,(H,31,33)(H,32,36)(H,34,37)/t23-,24+/m0/s1. The number of amides is 2. The number of hydrogen-bond donors (Lipinski definition) is 3. The van der Waals surface area contributed by atoms with E-state index < -0.39 is 0 Å². The van der Waals surface area contributed by atoms with Crippen LogP contribution in [-0.2, 0) is 35.4 Å². The molecule has 2 aromatic carbocycles. The van der Waals surface area contributed by atoms with Crippen molar-refractivity contribution in [2.45, 2.75) is 38.6 Å². The summed E-state index contributed by atoms with van der Waals surface area (Å²) in [6.45, 7) is 2.26. The van der Waals surface area contributed by atoms with Gasteiger partial charge in [0.15, 0.2) is 11.5 Å². The van der Waals surface area contributed by atoms with E-state index in [-0.39, 0.29) is 23.7 Å². The molecule has 3 N–H and O–H groups in total. The van der Waals surface area contributed by atoms with Crippen LogP contribution in [0, 0.1) is 11.8 Å².